The van der Waals surface area contributed by atoms with Gasteiger partial charge in [-0.2, -0.15) is 0 Å². The average Bonchev–Trinajstić information content (AvgIpc) is 2.79. The van der Waals surface area contributed by atoms with Crippen LogP contribution in [0.3, 0.4) is 0 Å². The summed E-state index contributed by atoms with van der Waals surface area (Å²) in [7, 11) is 0. The third-order valence-electron chi connectivity index (χ3n) is 6.37. The largest absolute Gasteiger partial charge is 0.379 e. The zero-order valence-corrected chi connectivity index (χ0v) is 17.7. The van der Waals surface area contributed by atoms with E-state index < -0.39 is 12.3 Å². The second-order valence-corrected chi connectivity index (χ2v) is 8.22. The molecule has 2 aliphatic heterocycles. The van der Waals surface area contributed by atoms with Crippen molar-refractivity contribution in [2.24, 2.45) is 5.73 Å². The van der Waals surface area contributed by atoms with E-state index in [0.717, 1.165) is 25.9 Å². The van der Waals surface area contributed by atoms with Gasteiger partial charge in [0.1, 0.15) is 0 Å². The van der Waals surface area contributed by atoms with Crippen LogP contribution in [0.5, 0.6) is 0 Å². The molecule has 2 aliphatic rings. The number of nitrogens with two attached hydrogens (primary N) is 1. The second-order valence-electron chi connectivity index (χ2n) is 8.22. The van der Waals surface area contributed by atoms with E-state index >= 15 is 4.39 Å². The SMILES string of the molecule is CC(=O)NC(CC(F)N1CCC(CN)(N2CCOCC2)CC1)C(=O)c1ccccc1. The Kier molecular flexibility index (Phi) is 7.93. The Balaban J connectivity index is 1.61. The summed E-state index contributed by atoms with van der Waals surface area (Å²) >= 11 is 0. The predicted molar refractivity (Wildman–Crippen MR) is 113 cm³/mol. The molecule has 2 saturated heterocycles. The van der Waals surface area contributed by atoms with Gasteiger partial charge in [-0.05, 0) is 12.8 Å². The van der Waals surface area contributed by atoms with E-state index in [-0.39, 0.29) is 23.7 Å². The quantitative estimate of drug-likeness (QED) is 0.485. The number of hydrogen-bond acceptors (Lipinski definition) is 6. The second kappa shape index (κ2) is 10.4. The number of hydrogen-bond donors (Lipinski definition) is 2. The van der Waals surface area contributed by atoms with Gasteiger partial charge in [0.05, 0.1) is 19.3 Å². The van der Waals surface area contributed by atoms with E-state index in [1.165, 1.54) is 6.92 Å². The summed E-state index contributed by atoms with van der Waals surface area (Å²) in [5.74, 6) is -0.611. The molecule has 3 N–H and O–H groups in total. The third kappa shape index (κ3) is 5.43. The maximum atomic E-state index is 15.2. The minimum absolute atomic E-state index is 0.0690. The molecule has 166 valence electrons. The predicted octanol–water partition coefficient (Wildman–Crippen LogP) is 1.19. The van der Waals surface area contributed by atoms with Gasteiger partial charge in [-0.3, -0.25) is 19.4 Å². The minimum Gasteiger partial charge on any atom is -0.379 e. The first kappa shape index (κ1) is 22.8. The Morgan fingerprint density at radius 3 is 2.37 bits per heavy atom. The van der Waals surface area contributed by atoms with Crippen LogP contribution in [-0.2, 0) is 9.53 Å². The minimum atomic E-state index is -1.31. The molecule has 2 unspecified atom stereocenters. The fraction of sp³-hybridized carbons (Fsp3) is 0.636. The highest BCUT2D eigenvalue weighted by atomic mass is 19.1. The summed E-state index contributed by atoms with van der Waals surface area (Å²) in [6, 6.07) is 7.81. The van der Waals surface area contributed by atoms with Crippen LogP contribution in [0.1, 0.15) is 36.5 Å². The van der Waals surface area contributed by atoms with Gasteiger partial charge in [0.15, 0.2) is 12.1 Å². The molecule has 1 amide bonds. The monoisotopic (exact) mass is 420 g/mol. The lowest BCUT2D eigenvalue weighted by molar-refractivity contribution is -0.119. The summed E-state index contributed by atoms with van der Waals surface area (Å²) in [5.41, 5.74) is 6.50. The van der Waals surface area contributed by atoms with Crippen LogP contribution in [0.2, 0.25) is 0 Å². The van der Waals surface area contributed by atoms with E-state index in [1.54, 1.807) is 29.2 Å². The summed E-state index contributed by atoms with van der Waals surface area (Å²) in [5, 5.41) is 2.63. The number of nitrogens with zero attached hydrogens (tertiary/aromatic N) is 2. The number of likely N-dealkylation sites (tertiary alicyclic amines) is 1. The van der Waals surface area contributed by atoms with Gasteiger partial charge in [-0.1, -0.05) is 30.3 Å². The smallest absolute Gasteiger partial charge is 0.217 e. The summed E-state index contributed by atoms with van der Waals surface area (Å²) in [6.45, 7) is 6.15. The lowest BCUT2D eigenvalue weighted by Gasteiger charge is -2.50. The molecule has 0 radical (unpaired) electrons. The summed E-state index contributed by atoms with van der Waals surface area (Å²) in [4.78, 5) is 28.6. The Morgan fingerprint density at radius 1 is 1.17 bits per heavy atom. The van der Waals surface area contributed by atoms with Gasteiger partial charge in [-0.15, -0.1) is 0 Å². The number of nitrogens with one attached hydrogen (secondary N) is 1. The zero-order valence-electron chi connectivity index (χ0n) is 17.7. The van der Waals surface area contributed by atoms with E-state index in [1.807, 2.05) is 6.07 Å². The van der Waals surface area contributed by atoms with Crippen molar-refractivity contribution in [2.45, 2.75) is 44.1 Å². The first-order chi connectivity index (χ1) is 14.4. The molecular formula is C22H33FN4O3. The van der Waals surface area contributed by atoms with Gasteiger partial charge >= 0.3 is 0 Å². The van der Waals surface area contributed by atoms with Gasteiger partial charge < -0.3 is 15.8 Å². The van der Waals surface area contributed by atoms with Crippen molar-refractivity contribution in [1.29, 1.82) is 0 Å². The van der Waals surface area contributed by atoms with Gasteiger partial charge in [0, 0.05) is 57.2 Å². The van der Waals surface area contributed by atoms with Crippen LogP contribution in [-0.4, -0.2) is 85.3 Å². The van der Waals surface area contributed by atoms with Crippen molar-refractivity contribution in [3.8, 4) is 0 Å². The maximum Gasteiger partial charge on any atom is 0.217 e. The third-order valence-corrected chi connectivity index (χ3v) is 6.37. The standard InChI is InChI=1S/C22H33FN4O3/c1-17(28)25-19(21(29)18-5-3-2-4-6-18)15-20(23)26-9-7-22(16-24,8-10-26)27-11-13-30-14-12-27/h2-6,19-20H,7-16,24H2,1H3,(H,25,28). The summed E-state index contributed by atoms with van der Waals surface area (Å²) < 4.78 is 20.7. The number of amides is 1. The van der Waals surface area contributed by atoms with Gasteiger partial charge in [0.2, 0.25) is 5.91 Å². The molecule has 1 aromatic rings. The molecule has 1 aromatic carbocycles. The normalized spacial score (nSPS) is 22.2. The molecule has 0 aromatic heterocycles. The maximum absolute atomic E-state index is 15.2. The number of morpholine rings is 1. The number of benzene rings is 1. The molecule has 2 fully saturated rings. The van der Waals surface area contributed by atoms with Gasteiger partial charge in [0.25, 0.3) is 0 Å². The van der Waals surface area contributed by atoms with E-state index in [2.05, 4.69) is 10.2 Å². The number of halogens is 1. The highest BCUT2D eigenvalue weighted by molar-refractivity contribution is 6.01. The van der Waals surface area contributed by atoms with Crippen LogP contribution in [0.4, 0.5) is 4.39 Å². The number of piperidine rings is 1. The van der Waals surface area contributed by atoms with Crippen molar-refractivity contribution in [3.63, 3.8) is 0 Å². The van der Waals surface area contributed by atoms with Crippen LogP contribution in [0, 0.1) is 0 Å². The Bertz CT molecular complexity index is 704. The lowest BCUT2D eigenvalue weighted by atomic mass is 9.85. The van der Waals surface area contributed by atoms with Crippen molar-refractivity contribution in [1.82, 2.24) is 15.1 Å². The molecule has 2 atom stereocenters. The molecule has 30 heavy (non-hydrogen) atoms. The Hall–Kier alpha value is -1.87. The molecule has 0 bridgehead atoms. The lowest BCUT2D eigenvalue weighted by Crippen LogP contribution is -2.62. The number of carbonyl (C=O) groups is 2. The highest BCUT2D eigenvalue weighted by Gasteiger charge is 2.41. The number of ketones is 1. The van der Waals surface area contributed by atoms with Crippen molar-refractivity contribution in [2.75, 3.05) is 45.9 Å². The molecule has 0 aliphatic carbocycles. The van der Waals surface area contributed by atoms with Gasteiger partial charge in [-0.25, -0.2) is 4.39 Å². The number of alkyl halides is 1. The molecule has 7 nitrogen and oxygen atoms in total. The fourth-order valence-corrected chi connectivity index (χ4v) is 4.53. The molecular weight excluding hydrogens is 387 g/mol. The fourth-order valence-electron chi connectivity index (χ4n) is 4.53. The van der Waals surface area contributed by atoms with E-state index in [9.17, 15) is 9.59 Å². The first-order valence-corrected chi connectivity index (χ1v) is 10.7. The van der Waals surface area contributed by atoms with Crippen LogP contribution < -0.4 is 11.1 Å². The number of Topliss-reactive ketones (excluding diaryl/α,β-unsaturated/α-hetero) is 1. The molecule has 0 saturated carbocycles. The van der Waals surface area contributed by atoms with Crippen molar-refractivity contribution in [3.05, 3.63) is 35.9 Å². The first-order valence-electron chi connectivity index (χ1n) is 10.7. The molecule has 0 spiro atoms. The zero-order chi connectivity index (χ0) is 21.6. The number of ether oxygens (including phenoxy) is 1. The Morgan fingerprint density at radius 2 is 1.80 bits per heavy atom. The van der Waals surface area contributed by atoms with Crippen molar-refractivity contribution < 1.29 is 18.7 Å². The molecule has 8 heteroatoms. The number of carbonyl (C=O) groups excluding carboxylic acids is 2. The van der Waals surface area contributed by atoms with Crippen LogP contribution in [0.15, 0.2) is 30.3 Å². The molecule has 2 heterocycles. The average molecular weight is 421 g/mol. The van der Waals surface area contributed by atoms with E-state index in [4.69, 9.17) is 10.5 Å². The van der Waals surface area contributed by atoms with Crippen LogP contribution in [0.25, 0.3) is 0 Å². The summed E-state index contributed by atoms with van der Waals surface area (Å²) in [6.07, 6.45) is 0.179. The number of rotatable bonds is 8. The van der Waals surface area contributed by atoms with E-state index in [0.29, 0.717) is 38.4 Å². The van der Waals surface area contributed by atoms with Crippen LogP contribution >= 0.6 is 0 Å². The molecule has 3 rings (SSSR count). The Labute approximate surface area is 177 Å². The van der Waals surface area contributed by atoms with Crippen molar-refractivity contribution >= 4 is 11.7 Å². The highest BCUT2D eigenvalue weighted by Crippen LogP contribution is 2.30. The topological polar surface area (TPSA) is 87.9 Å².